The van der Waals surface area contributed by atoms with E-state index in [0.717, 1.165) is 10.0 Å². The van der Waals surface area contributed by atoms with Crippen LogP contribution < -0.4 is 5.73 Å². The average Bonchev–Trinajstić information content (AvgIpc) is 3.16. The molecule has 0 saturated heterocycles. The Kier molecular flexibility index (Phi) is 10.6. The lowest BCUT2D eigenvalue weighted by molar-refractivity contribution is -0.119. The number of nitrogens with zero attached hydrogens (tertiary/aromatic N) is 2. The average molecular weight is 454 g/mol. The fourth-order valence-corrected chi connectivity index (χ4v) is 2.81. The summed E-state index contributed by atoms with van der Waals surface area (Å²) in [6.07, 6.45) is 0.339. The van der Waals surface area contributed by atoms with Crippen LogP contribution in [0, 0.1) is 5.82 Å². The quantitative estimate of drug-likeness (QED) is 0.644. The van der Waals surface area contributed by atoms with Crippen molar-refractivity contribution < 1.29 is 13.6 Å². The lowest BCUT2D eigenvalue weighted by atomic mass is 9.98. The van der Waals surface area contributed by atoms with Crippen LogP contribution in [0.3, 0.4) is 0 Å². The molecule has 2 aromatic rings. The molecule has 1 amide bonds. The Morgan fingerprint density at radius 1 is 1.29 bits per heavy atom. The van der Waals surface area contributed by atoms with Gasteiger partial charge in [-0.25, -0.2) is 13.8 Å². The maximum Gasteiger partial charge on any atom is 0.230 e. The first kappa shape index (κ1) is 23.9. The number of amides is 1. The lowest BCUT2D eigenvalue weighted by Crippen LogP contribution is -2.17. The van der Waals surface area contributed by atoms with Crippen LogP contribution >= 0.6 is 15.9 Å². The second-order valence-electron chi connectivity index (χ2n) is 5.80. The minimum absolute atomic E-state index is 0.139. The van der Waals surface area contributed by atoms with Gasteiger partial charge in [-0.2, -0.15) is 5.10 Å². The predicted octanol–water partition coefficient (Wildman–Crippen LogP) is 5.23. The van der Waals surface area contributed by atoms with Gasteiger partial charge in [-0.05, 0) is 30.7 Å². The van der Waals surface area contributed by atoms with Gasteiger partial charge in [0, 0.05) is 23.0 Å². The number of alkyl halides is 1. The monoisotopic (exact) mass is 453 g/mol. The summed E-state index contributed by atoms with van der Waals surface area (Å²) in [5.74, 6) is -0.337. The number of carbonyl (C=O) groups is 1. The van der Waals surface area contributed by atoms with Gasteiger partial charge in [0.05, 0.1) is 11.8 Å². The molecule has 0 spiro atoms. The van der Waals surface area contributed by atoms with Crippen molar-refractivity contribution in [1.29, 1.82) is 0 Å². The van der Waals surface area contributed by atoms with E-state index in [-0.39, 0.29) is 18.4 Å². The van der Waals surface area contributed by atoms with Gasteiger partial charge in [0.15, 0.2) is 0 Å². The topological polar surface area (TPSA) is 58.7 Å². The summed E-state index contributed by atoms with van der Waals surface area (Å²) >= 11 is 3.33. The van der Waals surface area contributed by atoms with E-state index >= 15 is 0 Å². The van der Waals surface area contributed by atoms with E-state index in [0.29, 0.717) is 24.1 Å². The van der Waals surface area contributed by atoms with Crippen LogP contribution in [0.25, 0.3) is 0 Å². The van der Waals surface area contributed by atoms with Gasteiger partial charge in [0.25, 0.3) is 0 Å². The minimum Gasteiger partial charge on any atom is -0.328 e. The van der Waals surface area contributed by atoms with Crippen molar-refractivity contribution in [1.82, 2.24) is 5.01 Å². The molecular formula is C21H26BrF2N3O. The van der Waals surface area contributed by atoms with Crippen LogP contribution in [0.4, 0.5) is 8.78 Å². The number of benzene rings is 2. The molecule has 0 aliphatic carbocycles. The third-order valence-electron chi connectivity index (χ3n) is 3.80. The van der Waals surface area contributed by atoms with E-state index in [1.54, 1.807) is 12.1 Å². The molecule has 0 saturated carbocycles. The minimum atomic E-state index is -0.838. The first-order valence-electron chi connectivity index (χ1n) is 9.11. The van der Waals surface area contributed by atoms with Crippen molar-refractivity contribution in [2.24, 2.45) is 10.8 Å². The van der Waals surface area contributed by atoms with E-state index in [9.17, 15) is 13.6 Å². The first-order chi connectivity index (χ1) is 13.5. The summed E-state index contributed by atoms with van der Waals surface area (Å²) in [6.45, 7) is 5.57. The number of hydrogen-bond acceptors (Lipinski definition) is 3. The van der Waals surface area contributed by atoms with Crippen molar-refractivity contribution in [3.05, 3.63) is 69.9 Å². The highest BCUT2D eigenvalue weighted by Crippen LogP contribution is 2.32. The lowest BCUT2D eigenvalue weighted by Gasteiger charge is -2.17. The summed E-state index contributed by atoms with van der Waals surface area (Å²) in [7, 11) is 0. The molecule has 3 rings (SSSR count). The van der Waals surface area contributed by atoms with Crippen molar-refractivity contribution in [2.75, 3.05) is 6.54 Å². The van der Waals surface area contributed by atoms with Crippen molar-refractivity contribution >= 4 is 28.1 Å². The third-order valence-corrected chi connectivity index (χ3v) is 4.29. The molecule has 28 heavy (non-hydrogen) atoms. The van der Waals surface area contributed by atoms with Gasteiger partial charge in [0.2, 0.25) is 6.41 Å². The molecule has 1 aliphatic rings. The highest BCUT2D eigenvalue weighted by Gasteiger charge is 2.29. The van der Waals surface area contributed by atoms with Gasteiger partial charge in [-0.1, -0.05) is 60.1 Å². The third kappa shape index (κ3) is 6.80. The van der Waals surface area contributed by atoms with Crippen molar-refractivity contribution in [3.63, 3.8) is 0 Å². The fraction of sp³-hybridized carbons (Fsp3) is 0.333. The second kappa shape index (κ2) is 12.4. The Morgan fingerprint density at radius 3 is 2.43 bits per heavy atom. The van der Waals surface area contributed by atoms with Crippen LogP contribution in [0.2, 0.25) is 0 Å². The molecule has 7 heteroatoms. The zero-order valence-electron chi connectivity index (χ0n) is 16.3. The molecule has 0 bridgehead atoms. The summed E-state index contributed by atoms with van der Waals surface area (Å²) < 4.78 is 26.1. The van der Waals surface area contributed by atoms with Crippen LogP contribution in [0.1, 0.15) is 44.4 Å². The maximum atomic E-state index is 14.0. The fourth-order valence-electron chi connectivity index (χ4n) is 2.45. The zero-order chi connectivity index (χ0) is 21.1. The van der Waals surface area contributed by atoms with E-state index < -0.39 is 6.17 Å². The van der Waals surface area contributed by atoms with Gasteiger partial charge >= 0.3 is 0 Å². The second-order valence-corrected chi connectivity index (χ2v) is 6.72. The van der Waals surface area contributed by atoms with Crippen LogP contribution in [-0.2, 0) is 4.79 Å². The smallest absolute Gasteiger partial charge is 0.230 e. The molecule has 0 radical (unpaired) electrons. The Labute approximate surface area is 173 Å². The largest absolute Gasteiger partial charge is 0.328 e. The molecule has 1 heterocycles. The molecule has 2 aromatic carbocycles. The zero-order valence-corrected chi connectivity index (χ0v) is 17.9. The maximum absolute atomic E-state index is 14.0. The molecular weight excluding hydrogens is 428 g/mol. The van der Waals surface area contributed by atoms with Gasteiger partial charge in [-0.15, -0.1) is 0 Å². The Bertz CT molecular complexity index is 770. The molecule has 1 unspecified atom stereocenters. The number of nitrogens with two attached hydrogens (primary N) is 1. The van der Waals surface area contributed by atoms with Gasteiger partial charge in [0.1, 0.15) is 12.0 Å². The summed E-state index contributed by atoms with van der Waals surface area (Å²) in [5.41, 5.74) is 6.79. The summed E-state index contributed by atoms with van der Waals surface area (Å²) in [5, 5.41) is 5.61. The molecule has 2 atom stereocenters. The standard InChI is InChI=1S/C16H12BrFN2O.C3H8FN.C2H6/c17-12-6-7-14(18)13(8-12)15-9-16(20(10-21)19-15)11-4-2-1-3-5-11;1-3(4)2-5;1-2/h1-8,10,16H,9H2;3H,2,5H2,1H3;1-2H3/t16-;;/m0../s1. The SMILES string of the molecule is CC.CC(F)CN.O=CN1N=C(c2cc(Br)ccc2F)C[C@H]1c1ccccc1. The van der Waals surface area contributed by atoms with Crippen molar-refractivity contribution in [3.8, 4) is 0 Å². The number of hydrogen-bond donors (Lipinski definition) is 1. The molecule has 0 fully saturated rings. The number of carbonyl (C=O) groups excluding carboxylic acids is 1. The van der Waals surface area contributed by atoms with E-state index in [2.05, 4.69) is 21.0 Å². The van der Waals surface area contributed by atoms with E-state index in [4.69, 9.17) is 5.73 Å². The number of rotatable bonds is 4. The van der Waals surface area contributed by atoms with Crippen LogP contribution in [0.15, 0.2) is 58.1 Å². The van der Waals surface area contributed by atoms with Crippen LogP contribution in [0.5, 0.6) is 0 Å². The molecule has 1 aliphatic heterocycles. The highest BCUT2D eigenvalue weighted by atomic mass is 79.9. The normalized spacial score (nSPS) is 16.2. The van der Waals surface area contributed by atoms with Crippen molar-refractivity contribution in [2.45, 2.75) is 39.4 Å². The number of hydrazone groups is 1. The first-order valence-corrected chi connectivity index (χ1v) is 9.91. The van der Waals surface area contributed by atoms with Crippen LogP contribution in [-0.4, -0.2) is 29.8 Å². The Morgan fingerprint density at radius 2 is 1.89 bits per heavy atom. The molecule has 0 aromatic heterocycles. The summed E-state index contributed by atoms with van der Waals surface area (Å²) in [4.78, 5) is 11.2. The highest BCUT2D eigenvalue weighted by molar-refractivity contribution is 9.10. The summed E-state index contributed by atoms with van der Waals surface area (Å²) in [6, 6.07) is 14.2. The van der Waals surface area contributed by atoms with E-state index in [1.807, 2.05) is 44.2 Å². The van der Waals surface area contributed by atoms with Gasteiger partial charge < -0.3 is 5.73 Å². The molecule has 152 valence electrons. The van der Waals surface area contributed by atoms with Gasteiger partial charge in [-0.3, -0.25) is 4.79 Å². The Balaban J connectivity index is 0.000000490. The van der Waals surface area contributed by atoms with E-state index in [1.165, 1.54) is 18.0 Å². The molecule has 2 N–H and O–H groups in total. The number of halogens is 3. The predicted molar refractivity (Wildman–Crippen MR) is 113 cm³/mol. The Hall–Kier alpha value is -2.12. The molecule has 4 nitrogen and oxygen atoms in total.